The van der Waals surface area contributed by atoms with Crippen LogP contribution < -0.4 is 9.47 Å². The number of ether oxygens (including phenoxy) is 2. The van der Waals surface area contributed by atoms with E-state index >= 15 is 0 Å². The van der Waals surface area contributed by atoms with E-state index in [1.165, 1.54) is 38.5 Å². The van der Waals surface area contributed by atoms with Crippen molar-refractivity contribution in [2.24, 2.45) is 0 Å². The standard InChI is InChI=1S/C21H20O6.Ru/c1-26-20-11-14(5-9-18(20)24)3-7-16(22)13-17(23)8-4-15-6-10-19(25)21(12-15)27-2;/h3-12,24-25H,13H2,1-2H3;/b7-3+,8-4+;. The van der Waals surface area contributed by atoms with E-state index in [1.54, 1.807) is 36.4 Å². The molecule has 0 saturated carbocycles. The number of methoxy groups -OCH3 is 2. The number of hydrogen-bond acceptors (Lipinski definition) is 6. The van der Waals surface area contributed by atoms with Crippen LogP contribution in [0.5, 0.6) is 23.0 Å². The first-order chi connectivity index (χ1) is 12.9. The molecule has 28 heavy (non-hydrogen) atoms. The number of rotatable bonds is 8. The number of carbonyl (C=O) groups is 2. The van der Waals surface area contributed by atoms with Crippen molar-refractivity contribution >= 4 is 23.7 Å². The zero-order chi connectivity index (χ0) is 19.8. The Morgan fingerprint density at radius 1 is 0.821 bits per heavy atom. The molecule has 0 radical (unpaired) electrons. The van der Waals surface area contributed by atoms with Crippen LogP contribution in [0, 0.1) is 0 Å². The van der Waals surface area contributed by atoms with Crippen LogP contribution in [0.4, 0.5) is 0 Å². The SMILES string of the molecule is COc1cc(/C=C/C(=O)CC(=O)/C=C/c2ccc(O)c(OC)c2)ccc1O.[Ru]. The monoisotopic (exact) mass is 470 g/mol. The summed E-state index contributed by atoms with van der Waals surface area (Å²) in [6.07, 6.45) is 5.44. The van der Waals surface area contributed by atoms with Gasteiger partial charge in [0, 0.05) is 19.5 Å². The molecule has 0 bridgehead atoms. The van der Waals surface area contributed by atoms with Gasteiger partial charge in [-0.2, -0.15) is 0 Å². The van der Waals surface area contributed by atoms with E-state index < -0.39 is 0 Å². The maximum Gasteiger partial charge on any atom is 0.163 e. The number of benzene rings is 2. The first kappa shape index (κ1) is 23.1. The summed E-state index contributed by atoms with van der Waals surface area (Å²) in [5.74, 6) is -0.0832. The Balaban J connectivity index is 0.00000392. The Hall–Kier alpha value is -2.92. The Kier molecular flexibility index (Phi) is 9.12. The predicted molar refractivity (Wildman–Crippen MR) is 102 cm³/mol. The fraction of sp³-hybridized carbons (Fsp3) is 0.143. The van der Waals surface area contributed by atoms with Gasteiger partial charge in [0.2, 0.25) is 0 Å². The van der Waals surface area contributed by atoms with Crippen molar-refractivity contribution in [3.63, 3.8) is 0 Å². The average Bonchev–Trinajstić information content (AvgIpc) is 2.66. The first-order valence-electron chi connectivity index (χ1n) is 8.08. The molecule has 7 heteroatoms. The quantitative estimate of drug-likeness (QED) is 0.350. The molecule has 2 N–H and O–H groups in total. The Bertz CT molecular complexity index is 828. The second-order valence-corrected chi connectivity index (χ2v) is 5.64. The van der Waals surface area contributed by atoms with Crippen LogP contribution in [-0.4, -0.2) is 36.0 Å². The summed E-state index contributed by atoms with van der Waals surface area (Å²) in [5.41, 5.74) is 1.33. The van der Waals surface area contributed by atoms with E-state index in [4.69, 9.17) is 9.47 Å². The second-order valence-electron chi connectivity index (χ2n) is 5.64. The van der Waals surface area contributed by atoms with E-state index in [0.29, 0.717) is 22.6 Å². The van der Waals surface area contributed by atoms with Gasteiger partial charge in [-0.3, -0.25) is 9.59 Å². The zero-order valence-electron chi connectivity index (χ0n) is 15.4. The molecule has 0 aliphatic rings. The molecular formula is C21H20O6Ru. The number of ketones is 2. The Morgan fingerprint density at radius 3 is 1.57 bits per heavy atom. The van der Waals surface area contributed by atoms with Crippen molar-refractivity contribution in [2.45, 2.75) is 6.42 Å². The summed E-state index contributed by atoms with van der Waals surface area (Å²) in [7, 11) is 2.87. The summed E-state index contributed by atoms with van der Waals surface area (Å²) in [6.45, 7) is 0. The van der Waals surface area contributed by atoms with E-state index in [-0.39, 0.29) is 49.0 Å². The Morgan fingerprint density at radius 2 is 1.21 bits per heavy atom. The van der Waals surface area contributed by atoms with Gasteiger partial charge in [0.1, 0.15) is 0 Å². The van der Waals surface area contributed by atoms with Crippen molar-refractivity contribution in [3.05, 3.63) is 59.7 Å². The van der Waals surface area contributed by atoms with Crippen LogP contribution in [0.1, 0.15) is 17.5 Å². The van der Waals surface area contributed by atoms with Crippen LogP contribution in [0.2, 0.25) is 0 Å². The van der Waals surface area contributed by atoms with Crippen LogP contribution in [-0.2, 0) is 29.1 Å². The summed E-state index contributed by atoms with van der Waals surface area (Å²) in [4.78, 5) is 23.9. The zero-order valence-corrected chi connectivity index (χ0v) is 17.1. The topological polar surface area (TPSA) is 93.1 Å². The molecule has 0 aliphatic carbocycles. The summed E-state index contributed by atoms with van der Waals surface area (Å²) < 4.78 is 10.00. The third-order valence-electron chi connectivity index (χ3n) is 3.68. The van der Waals surface area contributed by atoms with Crippen LogP contribution in [0.25, 0.3) is 12.2 Å². The number of aromatic hydroxyl groups is 2. The van der Waals surface area contributed by atoms with Crippen molar-refractivity contribution in [1.82, 2.24) is 0 Å². The molecule has 0 amide bonds. The average molecular weight is 469 g/mol. The van der Waals surface area contributed by atoms with E-state index in [9.17, 15) is 19.8 Å². The van der Waals surface area contributed by atoms with Gasteiger partial charge in [0.15, 0.2) is 34.6 Å². The third kappa shape index (κ3) is 6.67. The maximum atomic E-state index is 11.9. The molecule has 0 fully saturated rings. The van der Waals surface area contributed by atoms with E-state index in [0.717, 1.165) is 0 Å². The molecule has 0 saturated heterocycles. The fourth-order valence-corrected chi connectivity index (χ4v) is 2.26. The van der Waals surface area contributed by atoms with Gasteiger partial charge in [0.05, 0.1) is 20.6 Å². The Labute approximate surface area is 175 Å². The molecule has 2 aromatic carbocycles. The second kappa shape index (κ2) is 11.0. The van der Waals surface area contributed by atoms with Crippen LogP contribution >= 0.6 is 0 Å². The third-order valence-corrected chi connectivity index (χ3v) is 3.68. The minimum absolute atomic E-state index is 0. The van der Waals surface area contributed by atoms with Gasteiger partial charge in [-0.25, -0.2) is 0 Å². The van der Waals surface area contributed by atoms with Crippen molar-refractivity contribution < 1.29 is 48.8 Å². The molecule has 0 atom stereocenters. The van der Waals surface area contributed by atoms with Gasteiger partial charge >= 0.3 is 0 Å². The van der Waals surface area contributed by atoms with Gasteiger partial charge in [-0.15, -0.1) is 0 Å². The van der Waals surface area contributed by atoms with E-state index in [1.807, 2.05) is 0 Å². The molecule has 6 nitrogen and oxygen atoms in total. The smallest absolute Gasteiger partial charge is 0.163 e. The molecule has 0 unspecified atom stereocenters. The number of carbonyl (C=O) groups excluding carboxylic acids is 2. The van der Waals surface area contributed by atoms with Crippen molar-refractivity contribution in [3.8, 4) is 23.0 Å². The number of phenols is 2. The first-order valence-corrected chi connectivity index (χ1v) is 8.08. The van der Waals surface area contributed by atoms with Crippen molar-refractivity contribution in [2.75, 3.05) is 14.2 Å². The van der Waals surface area contributed by atoms with Crippen LogP contribution in [0.15, 0.2) is 48.6 Å². The van der Waals surface area contributed by atoms with Crippen molar-refractivity contribution in [1.29, 1.82) is 0 Å². The summed E-state index contributed by atoms with van der Waals surface area (Å²) in [5, 5.41) is 19.1. The number of phenolic OH excluding ortho intramolecular Hbond substituents is 2. The predicted octanol–water partition coefficient (Wildman–Crippen LogP) is 3.37. The molecule has 2 aromatic rings. The fourth-order valence-electron chi connectivity index (χ4n) is 2.26. The van der Waals surface area contributed by atoms with Gasteiger partial charge in [-0.05, 0) is 47.5 Å². The number of hydrogen-bond donors (Lipinski definition) is 2. The summed E-state index contributed by atoms with van der Waals surface area (Å²) >= 11 is 0. The van der Waals surface area contributed by atoms with Gasteiger partial charge in [0.25, 0.3) is 0 Å². The number of allylic oxidation sites excluding steroid dienone is 2. The summed E-state index contributed by atoms with van der Waals surface area (Å²) in [6, 6.07) is 9.34. The molecule has 0 heterocycles. The molecule has 148 valence electrons. The maximum absolute atomic E-state index is 11.9. The molecule has 0 spiro atoms. The molecular weight excluding hydrogens is 449 g/mol. The van der Waals surface area contributed by atoms with Crippen LogP contribution in [0.3, 0.4) is 0 Å². The molecule has 2 rings (SSSR count). The minimum atomic E-state index is -0.347. The minimum Gasteiger partial charge on any atom is -0.504 e. The molecule has 0 aromatic heterocycles. The largest absolute Gasteiger partial charge is 0.504 e. The van der Waals surface area contributed by atoms with Gasteiger partial charge < -0.3 is 19.7 Å². The van der Waals surface area contributed by atoms with Gasteiger partial charge in [-0.1, -0.05) is 24.3 Å². The normalized spacial score (nSPS) is 10.6. The van der Waals surface area contributed by atoms with E-state index in [2.05, 4.69) is 0 Å². The molecule has 0 aliphatic heterocycles.